The first-order valence-electron chi connectivity index (χ1n) is 6.03. The van der Waals surface area contributed by atoms with Crippen molar-refractivity contribution in [3.63, 3.8) is 0 Å². The molecule has 0 bridgehead atoms. The van der Waals surface area contributed by atoms with Crippen LogP contribution >= 0.6 is 50.7 Å². The van der Waals surface area contributed by atoms with Crippen LogP contribution in [0.3, 0.4) is 0 Å². The molecule has 0 radical (unpaired) electrons. The van der Waals surface area contributed by atoms with Crippen molar-refractivity contribution in [1.29, 1.82) is 0 Å². The summed E-state index contributed by atoms with van der Waals surface area (Å²) in [6.45, 7) is 1.94. The van der Waals surface area contributed by atoms with Crippen molar-refractivity contribution in [3.8, 4) is 0 Å². The van der Waals surface area contributed by atoms with Crippen molar-refractivity contribution in [2.45, 2.75) is 13.3 Å². The molecule has 3 nitrogen and oxygen atoms in total. The smallest absolute Gasteiger partial charge is 0.255 e. The van der Waals surface area contributed by atoms with Gasteiger partial charge in [-0.15, -0.1) is 0 Å². The molecule has 0 fully saturated rings. The van der Waals surface area contributed by atoms with E-state index in [9.17, 15) is 4.79 Å². The van der Waals surface area contributed by atoms with E-state index in [0.717, 1.165) is 5.69 Å². The molecule has 7 heteroatoms. The molecule has 2 rings (SSSR count). The Morgan fingerprint density at radius 3 is 2.62 bits per heavy atom. The molecule has 1 amide bonds. The fourth-order valence-corrected chi connectivity index (χ4v) is 2.73. The van der Waals surface area contributed by atoms with E-state index in [1.807, 2.05) is 6.92 Å². The lowest BCUT2D eigenvalue weighted by Crippen LogP contribution is -2.13. The standard InChI is InChI=1S/C14H10BrCl3N2O/c1-2-8-5-7(6-11(16)19-8)14(21)20-10-4-3-9(15)12(17)13(10)18/h3-6H,2H2,1H3,(H,20,21). The van der Waals surface area contributed by atoms with E-state index >= 15 is 0 Å². The van der Waals surface area contributed by atoms with Gasteiger partial charge in [-0.3, -0.25) is 4.79 Å². The maximum Gasteiger partial charge on any atom is 0.255 e. The number of nitrogens with zero attached hydrogens (tertiary/aromatic N) is 1. The molecule has 0 atom stereocenters. The summed E-state index contributed by atoms with van der Waals surface area (Å²) in [5, 5.41) is 3.61. The zero-order chi connectivity index (χ0) is 15.6. The van der Waals surface area contributed by atoms with Gasteiger partial charge < -0.3 is 5.32 Å². The van der Waals surface area contributed by atoms with Gasteiger partial charge in [-0.2, -0.15) is 0 Å². The van der Waals surface area contributed by atoms with Crippen molar-refractivity contribution in [3.05, 3.63) is 55.2 Å². The Morgan fingerprint density at radius 1 is 1.24 bits per heavy atom. The second-order valence-electron chi connectivity index (χ2n) is 4.20. The average Bonchev–Trinajstić information content (AvgIpc) is 2.47. The fraction of sp³-hybridized carbons (Fsp3) is 0.143. The highest BCUT2D eigenvalue weighted by atomic mass is 79.9. The summed E-state index contributed by atoms with van der Waals surface area (Å²) in [4.78, 5) is 16.4. The summed E-state index contributed by atoms with van der Waals surface area (Å²) in [5.74, 6) is -0.325. The van der Waals surface area contributed by atoms with Crippen LogP contribution in [0.5, 0.6) is 0 Å². The van der Waals surface area contributed by atoms with Gasteiger partial charge in [0.25, 0.3) is 5.91 Å². The number of hydrogen-bond donors (Lipinski definition) is 1. The third-order valence-corrected chi connectivity index (χ3v) is 4.72. The Hall–Kier alpha value is -0.810. The molecule has 1 aromatic heterocycles. The molecule has 0 unspecified atom stereocenters. The molecule has 0 spiro atoms. The van der Waals surface area contributed by atoms with Gasteiger partial charge in [0, 0.05) is 15.7 Å². The first-order valence-corrected chi connectivity index (χ1v) is 7.96. The lowest BCUT2D eigenvalue weighted by atomic mass is 10.2. The number of nitrogens with one attached hydrogen (secondary N) is 1. The lowest BCUT2D eigenvalue weighted by Gasteiger charge is -2.10. The molecule has 2 aromatic rings. The number of carbonyl (C=O) groups excluding carboxylic acids is 1. The summed E-state index contributed by atoms with van der Waals surface area (Å²) in [6.07, 6.45) is 0.686. The number of amides is 1. The molecular weight excluding hydrogens is 398 g/mol. The summed E-state index contributed by atoms with van der Waals surface area (Å²) in [5.41, 5.74) is 1.59. The second-order valence-corrected chi connectivity index (χ2v) is 6.20. The van der Waals surface area contributed by atoms with E-state index in [0.29, 0.717) is 27.2 Å². The zero-order valence-electron chi connectivity index (χ0n) is 10.9. The minimum Gasteiger partial charge on any atom is -0.321 e. The Kier molecular flexibility index (Phi) is 5.49. The van der Waals surface area contributed by atoms with Crippen LogP contribution in [0.1, 0.15) is 23.0 Å². The van der Waals surface area contributed by atoms with Crippen LogP contribution in [0.4, 0.5) is 5.69 Å². The van der Waals surface area contributed by atoms with E-state index < -0.39 is 0 Å². The Balaban J connectivity index is 2.30. The Bertz CT molecular complexity index is 707. The third kappa shape index (κ3) is 3.89. The van der Waals surface area contributed by atoms with Gasteiger partial charge in [0.2, 0.25) is 0 Å². The maximum absolute atomic E-state index is 12.3. The Morgan fingerprint density at radius 2 is 1.95 bits per heavy atom. The normalized spacial score (nSPS) is 10.5. The largest absolute Gasteiger partial charge is 0.321 e. The van der Waals surface area contributed by atoms with Crippen LogP contribution in [-0.4, -0.2) is 10.9 Å². The summed E-state index contributed by atoms with van der Waals surface area (Å²) in [6, 6.07) is 6.57. The minimum atomic E-state index is -0.325. The quantitative estimate of drug-likeness (QED) is 0.529. The topological polar surface area (TPSA) is 42.0 Å². The molecule has 1 N–H and O–H groups in total. The number of benzene rings is 1. The average molecular weight is 409 g/mol. The molecule has 110 valence electrons. The van der Waals surface area contributed by atoms with Crippen molar-refractivity contribution < 1.29 is 4.79 Å². The predicted molar refractivity (Wildman–Crippen MR) is 90.7 cm³/mol. The second kappa shape index (κ2) is 6.97. The molecule has 0 saturated carbocycles. The molecule has 21 heavy (non-hydrogen) atoms. The van der Waals surface area contributed by atoms with Gasteiger partial charge in [-0.1, -0.05) is 41.7 Å². The number of halogens is 4. The number of anilines is 1. The van der Waals surface area contributed by atoms with E-state index in [2.05, 4.69) is 26.2 Å². The maximum atomic E-state index is 12.3. The van der Waals surface area contributed by atoms with Crippen LogP contribution in [0.2, 0.25) is 15.2 Å². The van der Waals surface area contributed by atoms with Crippen molar-refractivity contribution in [2.24, 2.45) is 0 Å². The van der Waals surface area contributed by atoms with Crippen LogP contribution in [0, 0.1) is 0 Å². The van der Waals surface area contributed by atoms with Gasteiger partial charge in [0.15, 0.2) is 0 Å². The van der Waals surface area contributed by atoms with Crippen LogP contribution in [0.25, 0.3) is 0 Å². The van der Waals surface area contributed by atoms with Gasteiger partial charge in [-0.05, 0) is 46.6 Å². The monoisotopic (exact) mass is 406 g/mol. The molecule has 1 heterocycles. The first-order chi connectivity index (χ1) is 9.92. The van der Waals surface area contributed by atoms with Gasteiger partial charge >= 0.3 is 0 Å². The number of hydrogen-bond acceptors (Lipinski definition) is 2. The minimum absolute atomic E-state index is 0.273. The van der Waals surface area contributed by atoms with E-state index in [-0.39, 0.29) is 16.1 Å². The number of aromatic nitrogens is 1. The first kappa shape index (κ1) is 16.6. The van der Waals surface area contributed by atoms with Gasteiger partial charge in [-0.25, -0.2) is 4.98 Å². The highest BCUT2D eigenvalue weighted by Crippen LogP contribution is 2.36. The van der Waals surface area contributed by atoms with E-state index in [1.165, 1.54) is 6.07 Å². The number of carbonyl (C=O) groups is 1. The highest BCUT2D eigenvalue weighted by Gasteiger charge is 2.13. The lowest BCUT2D eigenvalue weighted by molar-refractivity contribution is 0.102. The van der Waals surface area contributed by atoms with E-state index in [1.54, 1.807) is 18.2 Å². The van der Waals surface area contributed by atoms with Crippen LogP contribution < -0.4 is 5.32 Å². The molecule has 0 saturated heterocycles. The summed E-state index contributed by atoms with van der Waals surface area (Å²) in [7, 11) is 0. The number of pyridine rings is 1. The van der Waals surface area contributed by atoms with Crippen LogP contribution in [0.15, 0.2) is 28.7 Å². The predicted octanol–water partition coefficient (Wildman–Crippen LogP) is 5.62. The molecule has 0 aliphatic rings. The fourth-order valence-electron chi connectivity index (χ4n) is 1.68. The van der Waals surface area contributed by atoms with Crippen molar-refractivity contribution in [1.82, 2.24) is 4.98 Å². The molecule has 1 aromatic carbocycles. The van der Waals surface area contributed by atoms with E-state index in [4.69, 9.17) is 34.8 Å². The summed E-state index contributed by atoms with van der Waals surface area (Å²) >= 11 is 21.3. The third-order valence-electron chi connectivity index (χ3n) is 2.75. The highest BCUT2D eigenvalue weighted by molar-refractivity contribution is 9.10. The van der Waals surface area contributed by atoms with Gasteiger partial charge in [0.1, 0.15) is 5.15 Å². The zero-order valence-corrected chi connectivity index (χ0v) is 14.7. The molecule has 0 aliphatic heterocycles. The SMILES string of the molecule is CCc1cc(C(=O)Nc2ccc(Br)c(Cl)c2Cl)cc(Cl)n1. The summed E-state index contributed by atoms with van der Waals surface area (Å²) < 4.78 is 0.660. The Labute approximate surface area is 145 Å². The van der Waals surface area contributed by atoms with Crippen LogP contribution in [-0.2, 0) is 6.42 Å². The van der Waals surface area contributed by atoms with Gasteiger partial charge in [0.05, 0.1) is 15.7 Å². The molecule has 0 aliphatic carbocycles. The number of aryl methyl sites for hydroxylation is 1. The molecular formula is C14H10BrCl3N2O. The van der Waals surface area contributed by atoms with Crippen molar-refractivity contribution in [2.75, 3.05) is 5.32 Å². The number of rotatable bonds is 3. The van der Waals surface area contributed by atoms with Crippen molar-refractivity contribution >= 4 is 62.3 Å².